The molecule has 22 heavy (non-hydrogen) atoms. The minimum atomic E-state index is 1.01. The van der Waals surface area contributed by atoms with E-state index in [1.165, 1.54) is 11.1 Å². The molecule has 0 aliphatic rings. The van der Waals surface area contributed by atoms with Crippen molar-refractivity contribution in [3.63, 3.8) is 0 Å². The summed E-state index contributed by atoms with van der Waals surface area (Å²) in [5, 5.41) is 5.29. The zero-order valence-corrected chi connectivity index (χ0v) is 14.8. The summed E-state index contributed by atoms with van der Waals surface area (Å²) in [6, 6.07) is 4.35. The van der Waals surface area contributed by atoms with E-state index in [1.54, 1.807) is 11.8 Å². The van der Waals surface area contributed by atoms with Crippen LogP contribution in [0.5, 0.6) is 0 Å². The van der Waals surface area contributed by atoms with Gasteiger partial charge in [0.05, 0.1) is 16.9 Å². The molecule has 0 bridgehead atoms. The first-order valence-corrected chi connectivity index (χ1v) is 8.24. The van der Waals surface area contributed by atoms with Gasteiger partial charge in [-0.3, -0.25) is 4.68 Å². The van der Waals surface area contributed by atoms with E-state index in [0.29, 0.717) is 0 Å². The van der Waals surface area contributed by atoms with Crippen LogP contribution in [0.15, 0.2) is 41.0 Å². The lowest BCUT2D eigenvalue weighted by Crippen LogP contribution is -1.92. The van der Waals surface area contributed by atoms with Gasteiger partial charge in [0.15, 0.2) is 0 Å². The number of hydrogen-bond acceptors (Lipinski definition) is 3. The highest BCUT2D eigenvalue weighted by atomic mass is 32.2. The van der Waals surface area contributed by atoms with Gasteiger partial charge in [0, 0.05) is 24.4 Å². The highest BCUT2D eigenvalue weighted by Gasteiger charge is 2.12. The van der Waals surface area contributed by atoms with Crippen LogP contribution in [-0.2, 0) is 13.5 Å². The molecule has 1 aromatic carbocycles. The van der Waals surface area contributed by atoms with Gasteiger partial charge in [-0.15, -0.1) is 0 Å². The quantitative estimate of drug-likeness (QED) is 0.568. The molecule has 3 nitrogen and oxygen atoms in total. The van der Waals surface area contributed by atoms with Crippen LogP contribution < -0.4 is 0 Å². The van der Waals surface area contributed by atoms with Crippen LogP contribution in [-0.4, -0.2) is 14.8 Å². The first-order chi connectivity index (χ1) is 10.4. The van der Waals surface area contributed by atoms with Crippen LogP contribution >= 0.6 is 11.8 Å². The lowest BCUT2D eigenvalue weighted by atomic mass is 9.97. The zero-order chi connectivity index (χ0) is 16.3. The molecule has 0 fully saturated rings. The fourth-order valence-electron chi connectivity index (χ4n) is 2.49. The van der Waals surface area contributed by atoms with Crippen LogP contribution in [0.1, 0.15) is 31.9 Å². The van der Waals surface area contributed by atoms with Crippen molar-refractivity contribution in [2.24, 2.45) is 12.0 Å². The first-order valence-electron chi connectivity index (χ1n) is 7.42. The zero-order valence-electron chi connectivity index (χ0n) is 14.0. The van der Waals surface area contributed by atoms with Gasteiger partial charge >= 0.3 is 0 Å². The molecule has 0 unspecified atom stereocenters. The molecular formula is C18H23N3S. The SMILES string of the molecule is C=C(C)SC(C)=Nc1c(-c2cnn(C)c2)ccc(CC)c1C. The number of rotatable bonds is 4. The minimum absolute atomic E-state index is 1.01. The van der Waals surface area contributed by atoms with Crippen LogP contribution in [0.4, 0.5) is 5.69 Å². The van der Waals surface area contributed by atoms with E-state index in [2.05, 4.69) is 37.7 Å². The summed E-state index contributed by atoms with van der Waals surface area (Å²) in [6.07, 6.45) is 4.93. The third kappa shape index (κ3) is 3.69. The molecule has 1 heterocycles. The van der Waals surface area contributed by atoms with Gasteiger partial charge < -0.3 is 0 Å². The Hall–Kier alpha value is -1.81. The second kappa shape index (κ2) is 6.97. The normalized spacial score (nSPS) is 11.8. The average Bonchev–Trinajstić information content (AvgIpc) is 2.86. The van der Waals surface area contributed by atoms with E-state index >= 15 is 0 Å². The Balaban J connectivity index is 2.59. The maximum absolute atomic E-state index is 4.87. The Morgan fingerprint density at radius 3 is 2.64 bits per heavy atom. The summed E-state index contributed by atoms with van der Waals surface area (Å²) in [5.41, 5.74) is 5.84. The Morgan fingerprint density at radius 1 is 1.36 bits per heavy atom. The molecule has 2 aromatic rings. The van der Waals surface area contributed by atoms with Crippen molar-refractivity contribution in [3.05, 3.63) is 47.1 Å². The van der Waals surface area contributed by atoms with Gasteiger partial charge in [-0.25, -0.2) is 4.99 Å². The highest BCUT2D eigenvalue weighted by Crippen LogP contribution is 2.36. The van der Waals surface area contributed by atoms with E-state index in [-0.39, 0.29) is 0 Å². The van der Waals surface area contributed by atoms with E-state index in [1.807, 2.05) is 38.0 Å². The third-order valence-corrected chi connectivity index (χ3v) is 4.27. The van der Waals surface area contributed by atoms with E-state index in [0.717, 1.165) is 33.2 Å². The lowest BCUT2D eigenvalue weighted by Gasteiger charge is -2.12. The number of nitrogens with zero attached hydrogens (tertiary/aromatic N) is 3. The summed E-state index contributed by atoms with van der Waals surface area (Å²) in [5.74, 6) is 0. The Labute approximate surface area is 137 Å². The fraction of sp³-hybridized carbons (Fsp3) is 0.333. The van der Waals surface area contributed by atoms with Crippen LogP contribution in [0.25, 0.3) is 11.1 Å². The van der Waals surface area contributed by atoms with E-state index in [9.17, 15) is 0 Å². The highest BCUT2D eigenvalue weighted by molar-refractivity contribution is 8.17. The topological polar surface area (TPSA) is 30.2 Å². The second-order valence-corrected chi connectivity index (χ2v) is 6.93. The predicted molar refractivity (Wildman–Crippen MR) is 97.9 cm³/mol. The lowest BCUT2D eigenvalue weighted by molar-refractivity contribution is 0.768. The summed E-state index contributed by atoms with van der Waals surface area (Å²) in [7, 11) is 1.93. The molecule has 116 valence electrons. The Kier molecular flexibility index (Phi) is 5.24. The number of thioether (sulfide) groups is 1. The largest absolute Gasteiger partial charge is 0.275 e. The molecule has 0 saturated carbocycles. The van der Waals surface area contributed by atoms with Crippen molar-refractivity contribution in [2.45, 2.75) is 34.1 Å². The predicted octanol–water partition coefficient (Wildman–Crippen LogP) is 5.27. The van der Waals surface area contributed by atoms with Crippen molar-refractivity contribution < 1.29 is 0 Å². The third-order valence-electron chi connectivity index (χ3n) is 3.53. The standard InChI is InChI=1S/C18H23N3S/c1-7-15-8-9-17(16-10-19-21(6)11-16)18(13(15)4)20-14(5)22-12(2)3/h8-11H,2,7H2,1,3-6H3. The van der Waals surface area contributed by atoms with Gasteiger partial charge in [-0.05, 0) is 43.2 Å². The number of aromatic nitrogens is 2. The summed E-state index contributed by atoms with van der Waals surface area (Å²) in [4.78, 5) is 5.92. The van der Waals surface area contributed by atoms with Crippen LogP contribution in [0.3, 0.4) is 0 Å². The molecule has 0 atom stereocenters. The van der Waals surface area contributed by atoms with Crippen LogP contribution in [0.2, 0.25) is 0 Å². The van der Waals surface area contributed by atoms with Gasteiger partial charge in [0.1, 0.15) is 0 Å². The minimum Gasteiger partial charge on any atom is -0.275 e. The molecule has 0 aliphatic heterocycles. The summed E-state index contributed by atoms with van der Waals surface area (Å²) < 4.78 is 1.82. The fourth-order valence-corrected chi connectivity index (χ4v) is 3.14. The van der Waals surface area contributed by atoms with Gasteiger partial charge in [-0.2, -0.15) is 5.10 Å². The monoisotopic (exact) mass is 313 g/mol. The Morgan fingerprint density at radius 2 is 2.09 bits per heavy atom. The first kappa shape index (κ1) is 16.6. The number of hydrogen-bond donors (Lipinski definition) is 0. The van der Waals surface area contributed by atoms with E-state index < -0.39 is 0 Å². The number of benzene rings is 1. The molecule has 2 rings (SSSR count). The molecule has 0 aliphatic carbocycles. The molecule has 4 heteroatoms. The molecule has 0 amide bonds. The van der Waals surface area contributed by atoms with Crippen molar-refractivity contribution >= 4 is 22.5 Å². The van der Waals surface area contributed by atoms with Crippen molar-refractivity contribution in [3.8, 4) is 11.1 Å². The van der Waals surface area contributed by atoms with Crippen molar-refractivity contribution in [2.75, 3.05) is 0 Å². The van der Waals surface area contributed by atoms with E-state index in [4.69, 9.17) is 4.99 Å². The summed E-state index contributed by atoms with van der Waals surface area (Å²) in [6.45, 7) is 12.3. The van der Waals surface area contributed by atoms with Crippen molar-refractivity contribution in [1.29, 1.82) is 0 Å². The average molecular weight is 313 g/mol. The van der Waals surface area contributed by atoms with Gasteiger partial charge in [0.25, 0.3) is 0 Å². The number of allylic oxidation sites excluding steroid dienone is 1. The molecule has 0 saturated heterocycles. The molecule has 1 aromatic heterocycles. The Bertz CT molecular complexity index is 726. The van der Waals surface area contributed by atoms with Gasteiger partial charge in [0.2, 0.25) is 0 Å². The number of aryl methyl sites for hydroxylation is 2. The summed E-state index contributed by atoms with van der Waals surface area (Å²) >= 11 is 1.62. The number of aliphatic imine (C=N–C) groups is 1. The maximum atomic E-state index is 4.87. The molecule has 0 spiro atoms. The van der Waals surface area contributed by atoms with Crippen molar-refractivity contribution in [1.82, 2.24) is 9.78 Å². The van der Waals surface area contributed by atoms with Gasteiger partial charge in [-0.1, -0.05) is 37.4 Å². The smallest absolute Gasteiger partial charge is 0.0752 e. The molecule has 0 radical (unpaired) electrons. The second-order valence-electron chi connectivity index (χ2n) is 5.44. The molecule has 0 N–H and O–H groups in total. The maximum Gasteiger partial charge on any atom is 0.0752 e. The molecular weight excluding hydrogens is 290 g/mol. The van der Waals surface area contributed by atoms with Crippen LogP contribution in [0, 0.1) is 6.92 Å².